The molecule has 21 heavy (non-hydrogen) atoms. The lowest BCUT2D eigenvalue weighted by atomic mass is 10.2. The third kappa shape index (κ3) is 2.66. The van der Waals surface area contributed by atoms with Gasteiger partial charge in [0.2, 0.25) is 0 Å². The average molecular weight is 318 g/mol. The largest absolute Gasteiger partial charge is 0.321 e. The number of carbonyl (C=O) groups excluding carboxylic acids is 1. The molecule has 3 rings (SSSR count). The molecule has 2 aromatic heterocycles. The van der Waals surface area contributed by atoms with E-state index in [1.165, 1.54) is 0 Å². The number of carbonyl (C=O) groups is 1. The summed E-state index contributed by atoms with van der Waals surface area (Å²) >= 11 is 3.25. The highest BCUT2D eigenvalue weighted by Gasteiger charge is 2.14. The van der Waals surface area contributed by atoms with E-state index in [-0.39, 0.29) is 5.91 Å². The molecule has 0 aliphatic rings. The van der Waals surface area contributed by atoms with E-state index in [1.54, 1.807) is 41.0 Å². The van der Waals surface area contributed by atoms with Crippen LogP contribution in [0.1, 0.15) is 16.1 Å². The first kappa shape index (κ1) is 14.1. The standard InChI is InChI=1S/C14H14N4OS2/c1-8-7-15-18(2)12(8)13(19)16-9-4-5-10-11(6-9)21-14(17-10)20-3/h4-7H,1-3H3,(H,16,19). The summed E-state index contributed by atoms with van der Waals surface area (Å²) in [6.45, 7) is 1.87. The Morgan fingerprint density at radius 1 is 1.43 bits per heavy atom. The van der Waals surface area contributed by atoms with E-state index in [0.29, 0.717) is 5.69 Å². The van der Waals surface area contributed by atoms with Gasteiger partial charge in [-0.15, -0.1) is 11.3 Å². The molecule has 1 N–H and O–H groups in total. The Balaban J connectivity index is 1.89. The lowest BCUT2D eigenvalue weighted by Gasteiger charge is -2.06. The maximum atomic E-state index is 12.3. The quantitative estimate of drug-likeness (QED) is 0.753. The summed E-state index contributed by atoms with van der Waals surface area (Å²) in [7, 11) is 1.76. The number of thioether (sulfide) groups is 1. The third-order valence-corrected chi connectivity index (χ3v) is 5.14. The van der Waals surface area contributed by atoms with Gasteiger partial charge in [-0.2, -0.15) is 5.10 Å². The predicted molar refractivity (Wildman–Crippen MR) is 87.3 cm³/mol. The molecule has 1 amide bonds. The highest BCUT2D eigenvalue weighted by atomic mass is 32.2. The maximum absolute atomic E-state index is 12.3. The van der Waals surface area contributed by atoms with E-state index in [9.17, 15) is 4.79 Å². The van der Waals surface area contributed by atoms with Gasteiger partial charge in [-0.3, -0.25) is 9.48 Å². The van der Waals surface area contributed by atoms with Crippen LogP contribution in [0.4, 0.5) is 5.69 Å². The van der Waals surface area contributed by atoms with Crippen molar-refractivity contribution < 1.29 is 4.79 Å². The number of hydrogen-bond acceptors (Lipinski definition) is 5. The number of nitrogens with one attached hydrogen (secondary N) is 1. The van der Waals surface area contributed by atoms with Gasteiger partial charge in [0.1, 0.15) is 5.69 Å². The Morgan fingerprint density at radius 2 is 2.24 bits per heavy atom. The van der Waals surface area contributed by atoms with Crippen LogP contribution in [-0.4, -0.2) is 26.9 Å². The maximum Gasteiger partial charge on any atom is 0.274 e. The molecule has 2 heterocycles. The fourth-order valence-electron chi connectivity index (χ4n) is 2.13. The van der Waals surface area contributed by atoms with Crippen molar-refractivity contribution in [3.05, 3.63) is 35.7 Å². The second-order valence-electron chi connectivity index (χ2n) is 4.62. The Bertz CT molecular complexity index is 802. The molecule has 0 aliphatic heterocycles. The molecule has 0 unspecified atom stereocenters. The zero-order chi connectivity index (χ0) is 15.0. The van der Waals surface area contributed by atoms with Crippen molar-refractivity contribution in [3.63, 3.8) is 0 Å². The summed E-state index contributed by atoms with van der Waals surface area (Å²) in [5.41, 5.74) is 3.16. The van der Waals surface area contributed by atoms with Crippen LogP contribution in [0.5, 0.6) is 0 Å². The molecule has 0 saturated carbocycles. The molecule has 0 bridgehead atoms. The highest BCUT2D eigenvalue weighted by molar-refractivity contribution is 8.00. The van der Waals surface area contributed by atoms with Crippen molar-refractivity contribution in [2.75, 3.05) is 11.6 Å². The fraction of sp³-hybridized carbons (Fsp3) is 0.214. The Labute approximate surface area is 130 Å². The number of amides is 1. The van der Waals surface area contributed by atoms with Gasteiger partial charge in [-0.05, 0) is 36.9 Å². The van der Waals surface area contributed by atoms with Crippen molar-refractivity contribution in [1.29, 1.82) is 0 Å². The summed E-state index contributed by atoms with van der Waals surface area (Å²) < 4.78 is 3.68. The summed E-state index contributed by atoms with van der Waals surface area (Å²) in [4.78, 5) is 16.8. The first-order valence-corrected chi connectivity index (χ1v) is 8.37. The normalized spacial score (nSPS) is 11.0. The lowest BCUT2D eigenvalue weighted by molar-refractivity contribution is 0.101. The van der Waals surface area contributed by atoms with Crippen LogP contribution in [-0.2, 0) is 7.05 Å². The van der Waals surface area contributed by atoms with Crippen LogP contribution in [0.15, 0.2) is 28.7 Å². The Morgan fingerprint density at radius 3 is 2.90 bits per heavy atom. The lowest BCUT2D eigenvalue weighted by Crippen LogP contribution is -2.17. The van der Waals surface area contributed by atoms with Gasteiger partial charge in [0.05, 0.1) is 16.4 Å². The van der Waals surface area contributed by atoms with Crippen molar-refractivity contribution in [2.45, 2.75) is 11.3 Å². The molecule has 3 aromatic rings. The molecular weight excluding hydrogens is 304 g/mol. The van der Waals surface area contributed by atoms with Crippen molar-refractivity contribution in [1.82, 2.24) is 14.8 Å². The summed E-state index contributed by atoms with van der Waals surface area (Å²) in [6, 6.07) is 5.75. The zero-order valence-electron chi connectivity index (χ0n) is 11.9. The summed E-state index contributed by atoms with van der Waals surface area (Å²) in [5, 5.41) is 7.01. The van der Waals surface area contributed by atoms with E-state index < -0.39 is 0 Å². The first-order chi connectivity index (χ1) is 10.1. The van der Waals surface area contributed by atoms with Gasteiger partial charge in [-0.25, -0.2) is 4.98 Å². The minimum atomic E-state index is -0.151. The fourth-order valence-corrected chi connectivity index (χ4v) is 3.66. The molecule has 7 heteroatoms. The van der Waals surface area contributed by atoms with Crippen molar-refractivity contribution in [3.8, 4) is 0 Å². The first-order valence-electron chi connectivity index (χ1n) is 6.33. The molecule has 108 valence electrons. The van der Waals surface area contributed by atoms with Crippen LogP contribution >= 0.6 is 23.1 Å². The molecular formula is C14H14N4OS2. The number of aryl methyl sites for hydroxylation is 2. The molecule has 1 aromatic carbocycles. The summed E-state index contributed by atoms with van der Waals surface area (Å²) in [5.74, 6) is -0.151. The topological polar surface area (TPSA) is 59.8 Å². The highest BCUT2D eigenvalue weighted by Crippen LogP contribution is 2.30. The number of thiazole rings is 1. The average Bonchev–Trinajstić information content (AvgIpc) is 3.01. The monoisotopic (exact) mass is 318 g/mol. The van der Waals surface area contributed by atoms with Crippen LogP contribution in [0.2, 0.25) is 0 Å². The van der Waals surface area contributed by atoms with Gasteiger partial charge >= 0.3 is 0 Å². The molecule has 0 fully saturated rings. The number of benzene rings is 1. The van der Waals surface area contributed by atoms with Crippen LogP contribution in [0, 0.1) is 6.92 Å². The number of hydrogen-bond donors (Lipinski definition) is 1. The Kier molecular flexibility index (Phi) is 3.69. The predicted octanol–water partition coefficient (Wildman–Crippen LogP) is 3.31. The van der Waals surface area contributed by atoms with E-state index in [2.05, 4.69) is 15.4 Å². The van der Waals surface area contributed by atoms with Crippen molar-refractivity contribution >= 4 is 44.9 Å². The second-order valence-corrected chi connectivity index (χ2v) is 6.70. The molecule has 0 atom stereocenters. The Hall–Kier alpha value is -1.86. The number of nitrogens with zero attached hydrogens (tertiary/aromatic N) is 3. The smallest absolute Gasteiger partial charge is 0.274 e. The van der Waals surface area contributed by atoms with Gasteiger partial charge in [0, 0.05) is 12.7 Å². The van der Waals surface area contributed by atoms with Gasteiger partial charge in [0.15, 0.2) is 4.34 Å². The number of anilines is 1. The van der Waals surface area contributed by atoms with Gasteiger partial charge in [0.25, 0.3) is 5.91 Å². The molecule has 0 radical (unpaired) electrons. The molecule has 0 saturated heterocycles. The SMILES string of the molecule is CSc1nc2ccc(NC(=O)c3c(C)cnn3C)cc2s1. The van der Waals surface area contributed by atoms with E-state index in [4.69, 9.17) is 0 Å². The molecule has 0 spiro atoms. The minimum absolute atomic E-state index is 0.151. The van der Waals surface area contributed by atoms with Gasteiger partial charge < -0.3 is 5.32 Å². The van der Waals surface area contributed by atoms with Crippen molar-refractivity contribution in [2.24, 2.45) is 7.05 Å². The number of aromatic nitrogens is 3. The molecule has 5 nitrogen and oxygen atoms in total. The number of rotatable bonds is 3. The minimum Gasteiger partial charge on any atom is -0.321 e. The van der Waals surface area contributed by atoms with Crippen LogP contribution in [0.3, 0.4) is 0 Å². The molecule has 0 aliphatic carbocycles. The zero-order valence-corrected chi connectivity index (χ0v) is 13.5. The third-order valence-electron chi connectivity index (χ3n) is 3.14. The van der Waals surface area contributed by atoms with E-state index >= 15 is 0 Å². The summed E-state index contributed by atoms with van der Waals surface area (Å²) in [6.07, 6.45) is 3.69. The van der Waals surface area contributed by atoms with E-state index in [1.807, 2.05) is 31.4 Å². The van der Waals surface area contributed by atoms with Crippen LogP contribution in [0.25, 0.3) is 10.2 Å². The van der Waals surface area contributed by atoms with Crippen LogP contribution < -0.4 is 5.32 Å². The number of fused-ring (bicyclic) bond motifs is 1. The van der Waals surface area contributed by atoms with Gasteiger partial charge in [-0.1, -0.05) is 11.8 Å². The van der Waals surface area contributed by atoms with E-state index in [0.717, 1.165) is 25.8 Å². The second kappa shape index (κ2) is 5.50.